The Hall–Kier alpha value is -2.35. The van der Waals surface area contributed by atoms with E-state index < -0.39 is 9.84 Å². The standard InChI is InChI=1S/C15H19N5O2S/c1-12-3-6-20-13(11-17-15(20)9-12)10-16-14-4-5-19(18-14)7-8-23(2,21)22/h3-6,9,11H,7-8,10H2,1-2H3,(H,16,18). The van der Waals surface area contributed by atoms with Crippen molar-refractivity contribution in [3.63, 3.8) is 0 Å². The summed E-state index contributed by atoms with van der Waals surface area (Å²) in [4.78, 5) is 4.38. The average molecular weight is 333 g/mol. The van der Waals surface area contributed by atoms with Gasteiger partial charge in [-0.15, -0.1) is 0 Å². The minimum atomic E-state index is -2.98. The molecular formula is C15H19N5O2S. The third-order valence-corrected chi connectivity index (χ3v) is 4.45. The van der Waals surface area contributed by atoms with Crippen LogP contribution in [0, 0.1) is 6.92 Å². The Morgan fingerprint density at radius 1 is 1.26 bits per heavy atom. The number of sulfone groups is 1. The highest BCUT2D eigenvalue weighted by Crippen LogP contribution is 2.11. The largest absolute Gasteiger partial charge is 0.363 e. The zero-order valence-corrected chi connectivity index (χ0v) is 13.9. The van der Waals surface area contributed by atoms with Gasteiger partial charge in [-0.3, -0.25) is 4.68 Å². The molecule has 0 aromatic carbocycles. The van der Waals surface area contributed by atoms with Crippen LogP contribution in [0.4, 0.5) is 5.82 Å². The SMILES string of the molecule is Cc1ccn2c(CNc3ccn(CCS(C)(=O)=O)n3)cnc2c1. The fraction of sp³-hybridized carbons (Fsp3) is 0.333. The van der Waals surface area contributed by atoms with Gasteiger partial charge in [0.1, 0.15) is 21.3 Å². The van der Waals surface area contributed by atoms with E-state index in [1.54, 1.807) is 10.9 Å². The monoisotopic (exact) mass is 333 g/mol. The van der Waals surface area contributed by atoms with Gasteiger partial charge in [0, 0.05) is 24.7 Å². The molecule has 0 atom stereocenters. The third kappa shape index (κ3) is 3.89. The molecule has 0 saturated carbocycles. The molecular weight excluding hydrogens is 314 g/mol. The summed E-state index contributed by atoms with van der Waals surface area (Å²) in [5.74, 6) is 0.793. The zero-order chi connectivity index (χ0) is 16.4. The summed E-state index contributed by atoms with van der Waals surface area (Å²) in [6, 6.07) is 5.90. The van der Waals surface area contributed by atoms with Gasteiger partial charge < -0.3 is 9.72 Å². The lowest BCUT2D eigenvalue weighted by atomic mass is 10.3. The molecule has 7 nitrogen and oxygen atoms in total. The maximum absolute atomic E-state index is 11.2. The van der Waals surface area contributed by atoms with E-state index in [-0.39, 0.29) is 5.75 Å². The molecule has 3 rings (SSSR count). The van der Waals surface area contributed by atoms with Crippen LogP contribution in [-0.2, 0) is 22.9 Å². The predicted molar refractivity (Wildman–Crippen MR) is 89.2 cm³/mol. The molecule has 0 fully saturated rings. The maximum atomic E-state index is 11.2. The van der Waals surface area contributed by atoms with Crippen LogP contribution in [0.15, 0.2) is 36.8 Å². The predicted octanol–water partition coefficient (Wildman–Crippen LogP) is 1.50. The van der Waals surface area contributed by atoms with Gasteiger partial charge in [-0.05, 0) is 24.6 Å². The molecule has 0 bridgehead atoms. The Morgan fingerprint density at radius 3 is 2.87 bits per heavy atom. The van der Waals surface area contributed by atoms with Gasteiger partial charge in [0.05, 0.1) is 30.7 Å². The summed E-state index contributed by atoms with van der Waals surface area (Å²) in [6.07, 6.45) is 6.83. The normalized spacial score (nSPS) is 11.9. The molecule has 8 heteroatoms. The first-order chi connectivity index (χ1) is 10.9. The molecule has 122 valence electrons. The first-order valence-electron chi connectivity index (χ1n) is 7.28. The summed E-state index contributed by atoms with van der Waals surface area (Å²) < 4.78 is 26.0. The van der Waals surface area contributed by atoms with Crippen LogP contribution < -0.4 is 5.32 Å². The fourth-order valence-electron chi connectivity index (χ4n) is 2.29. The quantitative estimate of drug-likeness (QED) is 0.739. The highest BCUT2D eigenvalue weighted by Gasteiger charge is 2.06. The van der Waals surface area contributed by atoms with Gasteiger partial charge in [-0.1, -0.05) is 0 Å². The Bertz CT molecular complexity index is 926. The van der Waals surface area contributed by atoms with E-state index in [9.17, 15) is 8.42 Å². The molecule has 0 amide bonds. The molecule has 0 aliphatic carbocycles. The van der Waals surface area contributed by atoms with Crippen molar-refractivity contribution < 1.29 is 8.42 Å². The Balaban J connectivity index is 1.65. The van der Waals surface area contributed by atoms with Gasteiger partial charge in [0.25, 0.3) is 0 Å². The number of hydrogen-bond donors (Lipinski definition) is 1. The molecule has 1 N–H and O–H groups in total. The topological polar surface area (TPSA) is 81.3 Å². The number of fused-ring (bicyclic) bond motifs is 1. The maximum Gasteiger partial charge on any atom is 0.149 e. The van der Waals surface area contributed by atoms with E-state index in [0.29, 0.717) is 18.9 Å². The number of rotatable bonds is 6. The van der Waals surface area contributed by atoms with Gasteiger partial charge in [0.2, 0.25) is 0 Å². The van der Waals surface area contributed by atoms with E-state index in [1.165, 1.54) is 11.8 Å². The van der Waals surface area contributed by atoms with Gasteiger partial charge in [0.15, 0.2) is 0 Å². The van der Waals surface area contributed by atoms with Crippen molar-refractivity contribution in [3.8, 4) is 0 Å². The molecule has 0 aliphatic heterocycles. The van der Waals surface area contributed by atoms with Crippen molar-refractivity contribution in [1.29, 1.82) is 0 Å². The van der Waals surface area contributed by atoms with Crippen LogP contribution in [0.3, 0.4) is 0 Å². The minimum absolute atomic E-state index is 0.0841. The number of aryl methyl sites for hydroxylation is 2. The number of pyridine rings is 1. The van der Waals surface area contributed by atoms with Crippen LogP contribution in [0.25, 0.3) is 5.65 Å². The smallest absolute Gasteiger partial charge is 0.149 e. The number of nitrogens with zero attached hydrogens (tertiary/aromatic N) is 4. The lowest BCUT2D eigenvalue weighted by molar-refractivity contribution is 0.586. The fourth-order valence-corrected chi connectivity index (χ4v) is 2.81. The van der Waals surface area contributed by atoms with Crippen LogP contribution in [0.2, 0.25) is 0 Å². The molecule has 0 saturated heterocycles. The number of aromatic nitrogens is 4. The molecule has 0 aliphatic rings. The number of nitrogens with one attached hydrogen (secondary N) is 1. The van der Waals surface area contributed by atoms with Crippen molar-refractivity contribution in [2.24, 2.45) is 0 Å². The summed E-state index contributed by atoms with van der Waals surface area (Å²) in [6.45, 7) is 2.98. The zero-order valence-electron chi connectivity index (χ0n) is 13.1. The lowest BCUT2D eigenvalue weighted by Crippen LogP contribution is -2.12. The highest BCUT2D eigenvalue weighted by molar-refractivity contribution is 7.90. The summed E-state index contributed by atoms with van der Waals surface area (Å²) in [7, 11) is -2.98. The summed E-state index contributed by atoms with van der Waals surface area (Å²) in [5, 5.41) is 7.55. The molecule has 0 radical (unpaired) electrons. The number of imidazole rings is 1. The summed E-state index contributed by atoms with van der Waals surface area (Å²) >= 11 is 0. The first kappa shape index (κ1) is 15.5. The van der Waals surface area contributed by atoms with Crippen LogP contribution >= 0.6 is 0 Å². The van der Waals surface area contributed by atoms with Crippen molar-refractivity contribution in [1.82, 2.24) is 19.2 Å². The number of anilines is 1. The van der Waals surface area contributed by atoms with Crippen molar-refractivity contribution in [2.75, 3.05) is 17.3 Å². The molecule has 3 aromatic rings. The molecule has 0 unspecified atom stereocenters. The van der Waals surface area contributed by atoms with E-state index >= 15 is 0 Å². The third-order valence-electron chi connectivity index (χ3n) is 3.53. The van der Waals surface area contributed by atoms with Crippen LogP contribution in [0.5, 0.6) is 0 Å². The van der Waals surface area contributed by atoms with E-state index in [1.807, 2.05) is 41.9 Å². The van der Waals surface area contributed by atoms with Crippen LogP contribution in [0.1, 0.15) is 11.3 Å². The second-order valence-corrected chi connectivity index (χ2v) is 7.89. The van der Waals surface area contributed by atoms with Crippen molar-refractivity contribution in [2.45, 2.75) is 20.0 Å². The highest BCUT2D eigenvalue weighted by atomic mass is 32.2. The molecule has 3 aromatic heterocycles. The molecule has 3 heterocycles. The second kappa shape index (κ2) is 6.04. The van der Waals surface area contributed by atoms with Gasteiger partial charge >= 0.3 is 0 Å². The summed E-state index contributed by atoms with van der Waals surface area (Å²) in [5.41, 5.74) is 3.12. The first-order valence-corrected chi connectivity index (χ1v) is 9.34. The second-order valence-electron chi connectivity index (χ2n) is 5.63. The van der Waals surface area contributed by atoms with Crippen LogP contribution in [-0.4, -0.2) is 39.6 Å². The Kier molecular flexibility index (Phi) is 4.08. The molecule has 23 heavy (non-hydrogen) atoms. The Labute approximate surface area is 134 Å². The van der Waals surface area contributed by atoms with Crippen molar-refractivity contribution >= 4 is 21.3 Å². The van der Waals surface area contributed by atoms with E-state index in [4.69, 9.17) is 0 Å². The van der Waals surface area contributed by atoms with E-state index in [0.717, 1.165) is 11.3 Å². The average Bonchev–Trinajstić information content (AvgIpc) is 3.08. The lowest BCUT2D eigenvalue weighted by Gasteiger charge is -2.04. The van der Waals surface area contributed by atoms with Gasteiger partial charge in [-0.2, -0.15) is 5.10 Å². The molecule has 0 spiro atoms. The Morgan fingerprint density at radius 2 is 2.09 bits per heavy atom. The minimum Gasteiger partial charge on any atom is -0.363 e. The van der Waals surface area contributed by atoms with Crippen molar-refractivity contribution in [3.05, 3.63) is 48.0 Å². The van der Waals surface area contributed by atoms with E-state index in [2.05, 4.69) is 15.4 Å². The van der Waals surface area contributed by atoms with Gasteiger partial charge in [-0.25, -0.2) is 13.4 Å². The number of hydrogen-bond acceptors (Lipinski definition) is 5.